The molecular formula is C21H22ClN5O5. The molecule has 2 N–H and O–H groups in total. The van der Waals surface area contributed by atoms with Crippen molar-refractivity contribution in [2.24, 2.45) is 0 Å². The second-order valence-electron chi connectivity index (χ2n) is 8.16. The van der Waals surface area contributed by atoms with E-state index in [1.807, 2.05) is 19.9 Å². The SMILES string of the molecule is CC1(C)O[C@@H]2[C@H](O1)[C@@H](COC(=O)Cc1ccccc1Cl)O[C@H]2n1cnc2c(N)ncnc21. The average molecular weight is 460 g/mol. The summed E-state index contributed by atoms with van der Waals surface area (Å²) >= 11 is 6.14. The van der Waals surface area contributed by atoms with Crippen LogP contribution in [0.5, 0.6) is 0 Å². The maximum Gasteiger partial charge on any atom is 0.310 e. The number of hydrogen-bond donors (Lipinski definition) is 1. The average Bonchev–Trinajstić information content (AvgIpc) is 3.40. The molecule has 5 rings (SSSR count). The molecular weight excluding hydrogens is 438 g/mol. The summed E-state index contributed by atoms with van der Waals surface area (Å²) in [5.41, 5.74) is 7.60. The smallest absolute Gasteiger partial charge is 0.310 e. The van der Waals surface area contributed by atoms with Gasteiger partial charge in [-0.3, -0.25) is 9.36 Å². The number of carbonyl (C=O) groups excluding carboxylic acids is 1. The van der Waals surface area contributed by atoms with Crippen molar-refractivity contribution >= 4 is 34.6 Å². The topological polar surface area (TPSA) is 124 Å². The second-order valence-corrected chi connectivity index (χ2v) is 8.57. The zero-order chi connectivity index (χ0) is 22.5. The Morgan fingerprint density at radius 1 is 1.22 bits per heavy atom. The summed E-state index contributed by atoms with van der Waals surface area (Å²) in [5.74, 6) is -0.951. The van der Waals surface area contributed by atoms with E-state index in [0.717, 1.165) is 0 Å². The summed E-state index contributed by atoms with van der Waals surface area (Å²) in [7, 11) is 0. The zero-order valence-corrected chi connectivity index (χ0v) is 18.2. The Hall–Kier alpha value is -2.79. The molecule has 2 aliphatic heterocycles. The predicted molar refractivity (Wildman–Crippen MR) is 114 cm³/mol. The van der Waals surface area contributed by atoms with Crippen LogP contribution in [0.15, 0.2) is 36.9 Å². The number of anilines is 1. The molecule has 2 aromatic heterocycles. The Bertz CT molecular complexity index is 1170. The van der Waals surface area contributed by atoms with Gasteiger partial charge in [-0.15, -0.1) is 0 Å². The Morgan fingerprint density at radius 2 is 2.00 bits per heavy atom. The normalized spacial score (nSPS) is 26.3. The molecule has 0 saturated carbocycles. The first-order chi connectivity index (χ1) is 15.3. The molecule has 32 heavy (non-hydrogen) atoms. The van der Waals surface area contributed by atoms with Crippen molar-refractivity contribution in [1.82, 2.24) is 19.5 Å². The fourth-order valence-corrected chi connectivity index (χ4v) is 4.30. The van der Waals surface area contributed by atoms with Crippen molar-refractivity contribution in [3.05, 3.63) is 47.5 Å². The number of imidazole rings is 1. The number of rotatable bonds is 5. The Balaban J connectivity index is 1.34. The van der Waals surface area contributed by atoms with Crippen LogP contribution in [0.2, 0.25) is 5.02 Å². The highest BCUT2D eigenvalue weighted by Crippen LogP contribution is 2.43. The standard InChI is InChI=1S/C21H22ClN5O5/c1-21(2)31-16-13(8-29-14(28)7-11-5-3-4-6-12(11)22)30-20(17(16)32-21)27-10-26-15-18(23)24-9-25-19(15)27/h3-6,9-10,13,16-17,20H,7-8H2,1-2H3,(H2,23,24,25)/t13-,16-,17-,20-/m1/s1. The molecule has 4 atom stereocenters. The number of fused-ring (bicyclic) bond motifs is 2. The summed E-state index contributed by atoms with van der Waals surface area (Å²) in [6.07, 6.45) is 0.983. The number of hydrogen-bond acceptors (Lipinski definition) is 9. The molecule has 168 valence electrons. The van der Waals surface area contributed by atoms with Crippen LogP contribution < -0.4 is 5.73 Å². The third-order valence-corrected chi connectivity index (χ3v) is 5.86. The number of carbonyl (C=O) groups is 1. The maximum absolute atomic E-state index is 12.4. The summed E-state index contributed by atoms with van der Waals surface area (Å²) in [5, 5.41) is 0.518. The zero-order valence-electron chi connectivity index (χ0n) is 17.5. The van der Waals surface area contributed by atoms with Gasteiger partial charge in [-0.1, -0.05) is 29.8 Å². The van der Waals surface area contributed by atoms with Crippen molar-refractivity contribution < 1.29 is 23.7 Å². The minimum atomic E-state index is -0.818. The quantitative estimate of drug-likeness (QED) is 0.572. The second kappa shape index (κ2) is 7.96. The molecule has 0 radical (unpaired) electrons. The highest BCUT2D eigenvalue weighted by molar-refractivity contribution is 6.31. The van der Waals surface area contributed by atoms with E-state index in [4.69, 9.17) is 36.3 Å². The number of esters is 1. The number of nitrogen functional groups attached to an aromatic ring is 1. The van der Waals surface area contributed by atoms with Gasteiger partial charge in [-0.25, -0.2) is 15.0 Å². The van der Waals surface area contributed by atoms with E-state index in [2.05, 4.69) is 15.0 Å². The third kappa shape index (κ3) is 3.79. The van der Waals surface area contributed by atoms with Crippen LogP contribution in [0.25, 0.3) is 11.2 Å². The lowest BCUT2D eigenvalue weighted by atomic mass is 10.1. The van der Waals surface area contributed by atoms with Gasteiger partial charge in [0.05, 0.1) is 12.7 Å². The van der Waals surface area contributed by atoms with E-state index >= 15 is 0 Å². The summed E-state index contributed by atoms with van der Waals surface area (Å²) in [4.78, 5) is 25.0. The van der Waals surface area contributed by atoms with Gasteiger partial charge < -0.3 is 24.7 Å². The molecule has 10 nitrogen and oxygen atoms in total. The van der Waals surface area contributed by atoms with Crippen LogP contribution in [0.4, 0.5) is 5.82 Å². The molecule has 0 spiro atoms. The van der Waals surface area contributed by atoms with Crippen molar-refractivity contribution in [3.63, 3.8) is 0 Å². The van der Waals surface area contributed by atoms with E-state index in [-0.39, 0.29) is 18.8 Å². The number of benzene rings is 1. The van der Waals surface area contributed by atoms with Gasteiger partial charge in [-0.05, 0) is 25.5 Å². The molecule has 4 heterocycles. The monoisotopic (exact) mass is 459 g/mol. The fourth-order valence-electron chi connectivity index (χ4n) is 4.10. The number of aromatic nitrogens is 4. The molecule has 2 aliphatic rings. The maximum atomic E-state index is 12.4. The first-order valence-corrected chi connectivity index (χ1v) is 10.5. The number of ether oxygens (including phenoxy) is 4. The van der Waals surface area contributed by atoms with Crippen molar-refractivity contribution in [2.45, 2.75) is 50.6 Å². The minimum absolute atomic E-state index is 0.00411. The van der Waals surface area contributed by atoms with Crippen LogP contribution in [-0.2, 0) is 30.2 Å². The molecule has 1 aromatic carbocycles. The van der Waals surface area contributed by atoms with Gasteiger partial charge in [0.25, 0.3) is 0 Å². The number of nitrogens with two attached hydrogens (primary N) is 1. The van der Waals surface area contributed by atoms with Gasteiger partial charge in [0.1, 0.15) is 36.8 Å². The highest BCUT2D eigenvalue weighted by Gasteiger charge is 2.56. The van der Waals surface area contributed by atoms with Crippen molar-refractivity contribution in [2.75, 3.05) is 12.3 Å². The van der Waals surface area contributed by atoms with Crippen LogP contribution >= 0.6 is 11.6 Å². The fraction of sp³-hybridized carbons (Fsp3) is 0.429. The lowest BCUT2D eigenvalue weighted by molar-refractivity contribution is -0.202. The Morgan fingerprint density at radius 3 is 2.81 bits per heavy atom. The van der Waals surface area contributed by atoms with Gasteiger partial charge >= 0.3 is 5.97 Å². The van der Waals surface area contributed by atoms with Crippen molar-refractivity contribution in [3.8, 4) is 0 Å². The van der Waals surface area contributed by atoms with Gasteiger partial charge in [0.15, 0.2) is 23.5 Å². The van der Waals surface area contributed by atoms with E-state index < -0.39 is 36.3 Å². The van der Waals surface area contributed by atoms with Gasteiger partial charge in [0.2, 0.25) is 0 Å². The largest absolute Gasteiger partial charge is 0.463 e. The van der Waals surface area contributed by atoms with E-state index in [0.29, 0.717) is 21.7 Å². The molecule has 2 saturated heterocycles. The number of halogens is 1. The summed E-state index contributed by atoms with van der Waals surface area (Å²) < 4.78 is 25.6. The Labute approximate surface area is 188 Å². The minimum Gasteiger partial charge on any atom is -0.463 e. The van der Waals surface area contributed by atoms with Crippen LogP contribution in [0, 0.1) is 0 Å². The molecule has 0 unspecified atom stereocenters. The summed E-state index contributed by atoms with van der Waals surface area (Å²) in [6.45, 7) is 3.66. The van der Waals surface area contributed by atoms with Crippen LogP contribution in [0.1, 0.15) is 25.6 Å². The molecule has 2 fully saturated rings. The summed E-state index contributed by atoms with van der Waals surface area (Å²) in [6, 6.07) is 7.15. The molecule has 3 aromatic rings. The first kappa shape index (κ1) is 21.1. The molecule has 0 aliphatic carbocycles. The first-order valence-electron chi connectivity index (χ1n) is 10.2. The molecule has 11 heteroatoms. The van der Waals surface area contributed by atoms with Gasteiger partial charge in [-0.2, -0.15) is 0 Å². The Kier molecular flexibility index (Phi) is 5.25. The molecule has 0 bridgehead atoms. The van der Waals surface area contributed by atoms with Gasteiger partial charge in [0, 0.05) is 5.02 Å². The van der Waals surface area contributed by atoms with E-state index in [1.54, 1.807) is 29.1 Å². The molecule has 0 amide bonds. The number of nitrogens with zero attached hydrogens (tertiary/aromatic N) is 4. The third-order valence-electron chi connectivity index (χ3n) is 5.49. The van der Waals surface area contributed by atoms with Crippen LogP contribution in [-0.4, -0.2) is 56.2 Å². The highest BCUT2D eigenvalue weighted by atomic mass is 35.5. The lowest BCUT2D eigenvalue weighted by Crippen LogP contribution is -2.33. The van der Waals surface area contributed by atoms with Crippen LogP contribution in [0.3, 0.4) is 0 Å². The predicted octanol–water partition coefficient (Wildman–Crippen LogP) is 2.27. The van der Waals surface area contributed by atoms with E-state index in [1.165, 1.54) is 6.33 Å². The van der Waals surface area contributed by atoms with E-state index in [9.17, 15) is 4.79 Å². The van der Waals surface area contributed by atoms with Crippen molar-refractivity contribution in [1.29, 1.82) is 0 Å². The lowest BCUT2D eigenvalue weighted by Gasteiger charge is -2.24.